The van der Waals surface area contributed by atoms with Gasteiger partial charge in [0, 0.05) is 25.3 Å². The first-order valence-electron chi connectivity index (χ1n) is 9.36. The van der Waals surface area contributed by atoms with Gasteiger partial charge in [0.05, 0.1) is 32.5 Å². The van der Waals surface area contributed by atoms with Gasteiger partial charge in [0.15, 0.2) is 0 Å². The van der Waals surface area contributed by atoms with E-state index in [4.69, 9.17) is 9.15 Å². The molecule has 3 aliphatic rings. The molecule has 1 aliphatic carbocycles. The molecule has 4 rings (SSSR count). The summed E-state index contributed by atoms with van der Waals surface area (Å²) in [6.45, 7) is 3.53. The number of ether oxygens (including phenoxy) is 1. The van der Waals surface area contributed by atoms with Crippen LogP contribution < -0.4 is 0 Å². The van der Waals surface area contributed by atoms with Crippen LogP contribution in [0.15, 0.2) is 22.8 Å². The average Bonchev–Trinajstić information content (AvgIpc) is 3.03. The Bertz CT molecular complexity index is 625. The molecule has 3 fully saturated rings. The zero-order valence-electron chi connectivity index (χ0n) is 15.1. The van der Waals surface area contributed by atoms with Gasteiger partial charge < -0.3 is 14.1 Å². The molecule has 0 radical (unpaired) electrons. The Kier molecular flexibility index (Phi) is 4.55. The fourth-order valence-electron chi connectivity index (χ4n) is 4.38. The number of hydrogen-bond donors (Lipinski definition) is 0. The molecule has 0 unspecified atom stereocenters. The zero-order chi connectivity index (χ0) is 18.4. The van der Waals surface area contributed by atoms with Crippen molar-refractivity contribution in [1.29, 1.82) is 0 Å². The van der Waals surface area contributed by atoms with Gasteiger partial charge >= 0.3 is 0 Å². The highest BCUT2D eigenvalue weighted by Crippen LogP contribution is 2.45. The summed E-state index contributed by atoms with van der Waals surface area (Å²) in [5.41, 5.74) is -0.238. The fraction of sp³-hybridized carbons (Fsp3) is 0.737. The normalized spacial score (nSPS) is 27.4. The number of amides is 1. The van der Waals surface area contributed by atoms with Crippen LogP contribution in [-0.4, -0.2) is 60.5 Å². The SMILES string of the molecule is CN(Cc1ccco1)C[C@H]1CCC2(CN(C(=O)C3CC(F)(F)C3)C2)OC1. The molecule has 3 heterocycles. The quantitative estimate of drug-likeness (QED) is 0.802. The van der Waals surface area contributed by atoms with E-state index in [2.05, 4.69) is 11.9 Å². The van der Waals surface area contributed by atoms with Crippen LogP contribution in [0.3, 0.4) is 0 Å². The van der Waals surface area contributed by atoms with Crippen LogP contribution in [-0.2, 0) is 16.1 Å². The van der Waals surface area contributed by atoms with Gasteiger partial charge in [-0.15, -0.1) is 0 Å². The number of hydrogen-bond acceptors (Lipinski definition) is 4. The highest BCUT2D eigenvalue weighted by Gasteiger charge is 2.54. The molecule has 0 N–H and O–H groups in total. The van der Waals surface area contributed by atoms with Gasteiger partial charge in [-0.25, -0.2) is 8.78 Å². The maximum absolute atomic E-state index is 12.9. The summed E-state index contributed by atoms with van der Waals surface area (Å²) in [6.07, 6.45) is 3.09. The molecule has 1 amide bonds. The van der Waals surface area contributed by atoms with Gasteiger partial charge in [0.25, 0.3) is 0 Å². The van der Waals surface area contributed by atoms with Crippen LogP contribution >= 0.6 is 0 Å². The Labute approximate surface area is 152 Å². The second-order valence-corrected chi connectivity index (χ2v) is 8.33. The lowest BCUT2D eigenvalue weighted by Crippen LogP contribution is -2.68. The van der Waals surface area contributed by atoms with Crippen molar-refractivity contribution < 1.29 is 22.7 Å². The first-order chi connectivity index (χ1) is 12.3. The highest BCUT2D eigenvalue weighted by molar-refractivity contribution is 5.81. The Morgan fingerprint density at radius 1 is 1.38 bits per heavy atom. The largest absolute Gasteiger partial charge is 0.468 e. The number of rotatable bonds is 5. The van der Waals surface area contributed by atoms with E-state index < -0.39 is 11.8 Å². The second-order valence-electron chi connectivity index (χ2n) is 8.33. The van der Waals surface area contributed by atoms with E-state index in [0.29, 0.717) is 25.6 Å². The third-order valence-corrected chi connectivity index (χ3v) is 5.92. The molecule has 5 nitrogen and oxygen atoms in total. The van der Waals surface area contributed by atoms with Crippen molar-refractivity contribution in [3.05, 3.63) is 24.2 Å². The maximum atomic E-state index is 12.9. The molecule has 0 bridgehead atoms. The minimum atomic E-state index is -2.64. The predicted octanol–water partition coefficient (Wildman–Crippen LogP) is 2.76. The van der Waals surface area contributed by atoms with E-state index >= 15 is 0 Å². The molecule has 1 aromatic rings. The summed E-state index contributed by atoms with van der Waals surface area (Å²) in [5, 5.41) is 0. The monoisotopic (exact) mass is 368 g/mol. The molecular weight excluding hydrogens is 342 g/mol. The van der Waals surface area contributed by atoms with Crippen LogP contribution in [0.4, 0.5) is 8.78 Å². The lowest BCUT2D eigenvalue weighted by atomic mass is 9.77. The van der Waals surface area contributed by atoms with Crippen LogP contribution in [0.25, 0.3) is 0 Å². The van der Waals surface area contributed by atoms with Crippen molar-refractivity contribution in [2.45, 2.75) is 43.8 Å². The van der Waals surface area contributed by atoms with Gasteiger partial charge in [-0.3, -0.25) is 9.69 Å². The molecular formula is C19H26F2N2O3. The van der Waals surface area contributed by atoms with E-state index in [1.165, 1.54) is 0 Å². The predicted molar refractivity (Wildman–Crippen MR) is 90.7 cm³/mol. The lowest BCUT2D eigenvalue weighted by Gasteiger charge is -2.54. The number of halogens is 2. The van der Waals surface area contributed by atoms with Crippen LogP contribution in [0.1, 0.15) is 31.4 Å². The fourth-order valence-corrected chi connectivity index (χ4v) is 4.38. The van der Waals surface area contributed by atoms with Crippen LogP contribution in [0, 0.1) is 11.8 Å². The van der Waals surface area contributed by atoms with E-state index in [9.17, 15) is 13.6 Å². The lowest BCUT2D eigenvalue weighted by molar-refractivity contribution is -0.201. The summed E-state index contributed by atoms with van der Waals surface area (Å²) >= 11 is 0. The number of furan rings is 1. The minimum Gasteiger partial charge on any atom is -0.468 e. The number of likely N-dealkylation sites (tertiary alicyclic amines) is 1. The summed E-state index contributed by atoms with van der Waals surface area (Å²) in [4.78, 5) is 16.1. The standard InChI is InChI=1S/C19H26F2N2O3/c1-22(10-16-3-2-6-25-16)9-14-4-5-18(26-11-14)12-23(13-18)17(24)15-7-19(20,21)8-15/h2-3,6,14-15H,4-5,7-13H2,1H3/t14-/m1/s1. The molecule has 1 saturated carbocycles. The Morgan fingerprint density at radius 3 is 2.73 bits per heavy atom. The smallest absolute Gasteiger partial charge is 0.249 e. The molecule has 2 aliphatic heterocycles. The summed E-state index contributed by atoms with van der Waals surface area (Å²) in [5.74, 6) is -1.83. The summed E-state index contributed by atoms with van der Waals surface area (Å²) in [7, 11) is 2.07. The average molecular weight is 368 g/mol. The molecule has 26 heavy (non-hydrogen) atoms. The Morgan fingerprint density at radius 2 is 2.15 bits per heavy atom. The van der Waals surface area contributed by atoms with Gasteiger partial charge in [0.1, 0.15) is 11.4 Å². The van der Waals surface area contributed by atoms with E-state index in [0.717, 1.165) is 31.7 Å². The number of carbonyl (C=O) groups is 1. The summed E-state index contributed by atoms with van der Waals surface area (Å²) in [6, 6.07) is 3.87. The van der Waals surface area contributed by atoms with Crippen LogP contribution in [0.5, 0.6) is 0 Å². The van der Waals surface area contributed by atoms with E-state index in [1.54, 1.807) is 11.2 Å². The van der Waals surface area contributed by atoms with Crippen molar-refractivity contribution in [2.75, 3.05) is 33.3 Å². The molecule has 0 aromatic carbocycles. The van der Waals surface area contributed by atoms with Crippen LogP contribution in [0.2, 0.25) is 0 Å². The highest BCUT2D eigenvalue weighted by atomic mass is 19.3. The Hall–Kier alpha value is -1.47. The van der Waals surface area contributed by atoms with Crippen molar-refractivity contribution in [2.24, 2.45) is 11.8 Å². The second kappa shape index (κ2) is 6.60. The van der Waals surface area contributed by atoms with Crippen molar-refractivity contribution in [3.63, 3.8) is 0 Å². The van der Waals surface area contributed by atoms with Gasteiger partial charge in [0.2, 0.25) is 11.8 Å². The molecule has 7 heteroatoms. The maximum Gasteiger partial charge on any atom is 0.249 e. The number of carbonyl (C=O) groups excluding carboxylic acids is 1. The van der Waals surface area contributed by atoms with Gasteiger partial charge in [-0.1, -0.05) is 0 Å². The van der Waals surface area contributed by atoms with Crippen molar-refractivity contribution in [1.82, 2.24) is 9.80 Å². The first kappa shape index (κ1) is 17.9. The topological polar surface area (TPSA) is 45.9 Å². The van der Waals surface area contributed by atoms with E-state index in [-0.39, 0.29) is 24.3 Å². The molecule has 1 spiro atoms. The molecule has 1 atom stereocenters. The molecule has 1 aromatic heterocycles. The van der Waals surface area contributed by atoms with Gasteiger partial charge in [-0.2, -0.15) is 0 Å². The number of alkyl halides is 2. The van der Waals surface area contributed by atoms with Gasteiger partial charge in [-0.05, 0) is 37.9 Å². The minimum absolute atomic E-state index is 0.120. The third kappa shape index (κ3) is 3.64. The van der Waals surface area contributed by atoms with Crippen molar-refractivity contribution in [3.8, 4) is 0 Å². The Balaban J connectivity index is 1.18. The van der Waals surface area contributed by atoms with E-state index in [1.807, 2.05) is 12.1 Å². The number of nitrogens with zero attached hydrogens (tertiary/aromatic N) is 2. The molecule has 2 saturated heterocycles. The first-order valence-corrected chi connectivity index (χ1v) is 9.36. The summed E-state index contributed by atoms with van der Waals surface area (Å²) < 4.78 is 37.4. The van der Waals surface area contributed by atoms with Crippen molar-refractivity contribution >= 4 is 5.91 Å². The third-order valence-electron chi connectivity index (χ3n) is 5.92. The zero-order valence-corrected chi connectivity index (χ0v) is 15.1. The molecule has 144 valence electrons.